The van der Waals surface area contributed by atoms with Crippen LogP contribution in [-0.4, -0.2) is 18.1 Å². The van der Waals surface area contributed by atoms with Crippen LogP contribution in [0.3, 0.4) is 0 Å². The minimum atomic E-state index is -0.390. The van der Waals surface area contributed by atoms with Crippen molar-refractivity contribution in [3.8, 4) is 0 Å². The Morgan fingerprint density at radius 1 is 1.67 bits per heavy atom. The smallest absolute Gasteiger partial charge is 0.265 e. The van der Waals surface area contributed by atoms with Crippen LogP contribution in [0.4, 0.5) is 0 Å². The molecule has 0 spiro atoms. The molecule has 0 aromatic carbocycles. The molecule has 1 aliphatic carbocycles. The van der Waals surface area contributed by atoms with Crippen molar-refractivity contribution in [2.75, 3.05) is 7.11 Å². The maximum absolute atomic E-state index is 10.3. The van der Waals surface area contributed by atoms with Crippen LogP contribution < -0.4 is 0 Å². The molecule has 0 amide bonds. The molecular formula is C8H11NO3. The van der Waals surface area contributed by atoms with Crippen molar-refractivity contribution in [1.29, 1.82) is 0 Å². The Bertz CT molecular complexity index is 245. The van der Waals surface area contributed by atoms with Gasteiger partial charge in [-0.3, -0.25) is 10.1 Å². The van der Waals surface area contributed by atoms with Gasteiger partial charge in [0.25, 0.3) is 5.70 Å². The Hall–Kier alpha value is -1.16. The van der Waals surface area contributed by atoms with Crippen LogP contribution in [0, 0.1) is 16.0 Å². The first-order valence-corrected chi connectivity index (χ1v) is 3.72. The lowest BCUT2D eigenvalue weighted by molar-refractivity contribution is -0.419. The lowest BCUT2D eigenvalue weighted by Gasteiger charge is -2.18. The molecule has 0 heterocycles. The highest BCUT2D eigenvalue weighted by molar-refractivity contribution is 5.20. The highest BCUT2D eigenvalue weighted by atomic mass is 16.6. The Balaban J connectivity index is 2.75. The number of rotatable bonds is 2. The Morgan fingerprint density at radius 2 is 2.33 bits per heavy atom. The van der Waals surface area contributed by atoms with Crippen LogP contribution in [0.1, 0.15) is 6.92 Å². The summed E-state index contributed by atoms with van der Waals surface area (Å²) in [5.74, 6) is 0.0698. The van der Waals surface area contributed by atoms with Crippen LogP contribution in [-0.2, 0) is 4.74 Å². The second-order valence-electron chi connectivity index (χ2n) is 2.77. The van der Waals surface area contributed by atoms with Gasteiger partial charge in [0.05, 0.1) is 11.0 Å². The fourth-order valence-corrected chi connectivity index (χ4v) is 1.20. The zero-order chi connectivity index (χ0) is 9.14. The Morgan fingerprint density at radius 3 is 2.75 bits per heavy atom. The van der Waals surface area contributed by atoms with Gasteiger partial charge in [0.2, 0.25) is 0 Å². The van der Waals surface area contributed by atoms with Gasteiger partial charge in [-0.1, -0.05) is 6.92 Å². The molecule has 4 nitrogen and oxygen atoms in total. The van der Waals surface area contributed by atoms with Crippen LogP contribution in [0.5, 0.6) is 0 Å². The van der Waals surface area contributed by atoms with E-state index in [0.717, 1.165) is 0 Å². The SMILES string of the molecule is COC1C=CC([N+](=O)[O-])=CC1C. The fourth-order valence-electron chi connectivity index (χ4n) is 1.20. The number of ether oxygens (including phenoxy) is 1. The van der Waals surface area contributed by atoms with E-state index < -0.39 is 4.92 Å². The molecular weight excluding hydrogens is 158 g/mol. The predicted molar refractivity (Wildman–Crippen MR) is 44.2 cm³/mol. The van der Waals surface area contributed by atoms with E-state index in [1.807, 2.05) is 6.92 Å². The Kier molecular flexibility index (Phi) is 2.60. The quantitative estimate of drug-likeness (QED) is 0.463. The summed E-state index contributed by atoms with van der Waals surface area (Å²) >= 11 is 0. The third-order valence-corrected chi connectivity index (χ3v) is 1.89. The van der Waals surface area contributed by atoms with E-state index in [1.54, 1.807) is 19.3 Å². The van der Waals surface area contributed by atoms with Crippen LogP contribution in [0.15, 0.2) is 23.9 Å². The van der Waals surface area contributed by atoms with Crippen LogP contribution in [0.25, 0.3) is 0 Å². The molecule has 66 valence electrons. The van der Waals surface area contributed by atoms with Crippen molar-refractivity contribution in [2.45, 2.75) is 13.0 Å². The lowest BCUT2D eigenvalue weighted by Crippen LogP contribution is -2.20. The third kappa shape index (κ3) is 1.71. The average Bonchev–Trinajstić information content (AvgIpc) is 2.04. The lowest BCUT2D eigenvalue weighted by atomic mass is 9.98. The monoisotopic (exact) mass is 169 g/mol. The summed E-state index contributed by atoms with van der Waals surface area (Å²) in [4.78, 5) is 9.95. The highest BCUT2D eigenvalue weighted by Crippen LogP contribution is 2.18. The first-order chi connectivity index (χ1) is 5.65. The molecule has 1 aliphatic rings. The van der Waals surface area contributed by atoms with Gasteiger partial charge in [0.1, 0.15) is 0 Å². The van der Waals surface area contributed by atoms with E-state index in [1.165, 1.54) is 6.08 Å². The van der Waals surface area contributed by atoms with E-state index >= 15 is 0 Å². The molecule has 0 saturated heterocycles. The van der Waals surface area contributed by atoms with Crippen LogP contribution >= 0.6 is 0 Å². The van der Waals surface area contributed by atoms with Gasteiger partial charge in [-0.25, -0.2) is 0 Å². The molecule has 0 radical (unpaired) electrons. The second-order valence-corrected chi connectivity index (χ2v) is 2.77. The molecule has 1 rings (SSSR count). The maximum Gasteiger partial charge on any atom is 0.265 e. The molecule has 12 heavy (non-hydrogen) atoms. The van der Waals surface area contributed by atoms with Crippen molar-refractivity contribution >= 4 is 0 Å². The number of methoxy groups -OCH3 is 1. The van der Waals surface area contributed by atoms with Gasteiger partial charge in [-0.05, 0) is 12.2 Å². The summed E-state index contributed by atoms with van der Waals surface area (Å²) < 4.78 is 5.08. The van der Waals surface area contributed by atoms with E-state index in [2.05, 4.69) is 0 Å². The number of allylic oxidation sites excluding steroid dienone is 1. The molecule has 0 saturated carbocycles. The van der Waals surface area contributed by atoms with Crippen molar-refractivity contribution in [1.82, 2.24) is 0 Å². The van der Waals surface area contributed by atoms with E-state index in [9.17, 15) is 10.1 Å². The molecule has 0 aromatic rings. The largest absolute Gasteiger partial charge is 0.377 e. The van der Waals surface area contributed by atoms with Gasteiger partial charge in [0, 0.05) is 19.1 Å². The summed E-state index contributed by atoms with van der Waals surface area (Å²) in [6.45, 7) is 1.89. The van der Waals surface area contributed by atoms with Crippen molar-refractivity contribution in [3.05, 3.63) is 34.0 Å². The molecule has 0 N–H and O–H groups in total. The zero-order valence-electron chi connectivity index (χ0n) is 7.06. The van der Waals surface area contributed by atoms with Crippen molar-refractivity contribution in [3.63, 3.8) is 0 Å². The summed E-state index contributed by atoms with van der Waals surface area (Å²) in [6, 6.07) is 0. The molecule has 0 bridgehead atoms. The number of hydrogen-bond acceptors (Lipinski definition) is 3. The van der Waals surface area contributed by atoms with Crippen LogP contribution in [0.2, 0.25) is 0 Å². The summed E-state index contributed by atoms with van der Waals surface area (Å²) in [5, 5.41) is 10.3. The third-order valence-electron chi connectivity index (χ3n) is 1.89. The van der Waals surface area contributed by atoms with E-state index in [0.29, 0.717) is 0 Å². The average molecular weight is 169 g/mol. The van der Waals surface area contributed by atoms with E-state index in [4.69, 9.17) is 4.74 Å². The summed E-state index contributed by atoms with van der Waals surface area (Å²) in [7, 11) is 1.59. The molecule has 0 aromatic heterocycles. The van der Waals surface area contributed by atoms with Crippen molar-refractivity contribution < 1.29 is 9.66 Å². The summed E-state index contributed by atoms with van der Waals surface area (Å²) in [6.07, 6.45) is 4.76. The first-order valence-electron chi connectivity index (χ1n) is 3.72. The zero-order valence-corrected chi connectivity index (χ0v) is 7.06. The standard InChI is InChI=1S/C8H11NO3/c1-6-5-7(9(10)11)3-4-8(6)12-2/h3-6,8H,1-2H3. The van der Waals surface area contributed by atoms with Gasteiger partial charge in [-0.2, -0.15) is 0 Å². The topological polar surface area (TPSA) is 52.4 Å². The Labute approximate surface area is 70.7 Å². The molecule has 4 heteroatoms. The van der Waals surface area contributed by atoms with Crippen molar-refractivity contribution in [2.24, 2.45) is 5.92 Å². The predicted octanol–water partition coefficient (Wildman–Crippen LogP) is 1.37. The fraction of sp³-hybridized carbons (Fsp3) is 0.500. The number of nitrogens with zero attached hydrogens (tertiary/aromatic N) is 1. The maximum atomic E-state index is 10.3. The second kappa shape index (κ2) is 3.49. The van der Waals surface area contributed by atoms with Gasteiger partial charge in [-0.15, -0.1) is 0 Å². The molecule has 2 atom stereocenters. The molecule has 0 fully saturated rings. The number of nitro groups is 1. The van der Waals surface area contributed by atoms with Gasteiger partial charge in [0.15, 0.2) is 0 Å². The van der Waals surface area contributed by atoms with Gasteiger partial charge < -0.3 is 4.74 Å². The van der Waals surface area contributed by atoms with E-state index in [-0.39, 0.29) is 17.7 Å². The molecule has 2 unspecified atom stereocenters. The minimum absolute atomic E-state index is 0.0336. The molecule has 0 aliphatic heterocycles. The van der Waals surface area contributed by atoms with Gasteiger partial charge >= 0.3 is 0 Å². The highest BCUT2D eigenvalue weighted by Gasteiger charge is 2.20. The normalized spacial score (nSPS) is 28.3. The first kappa shape index (κ1) is 8.93. The minimum Gasteiger partial charge on any atom is -0.377 e. The number of hydrogen-bond donors (Lipinski definition) is 0. The summed E-state index contributed by atoms with van der Waals surface area (Å²) in [5.41, 5.74) is 0.149.